The lowest BCUT2D eigenvalue weighted by Gasteiger charge is -2.26. The van der Waals surface area contributed by atoms with Crippen LogP contribution in [0.2, 0.25) is 0 Å². The second kappa shape index (κ2) is 5.02. The van der Waals surface area contributed by atoms with E-state index in [2.05, 4.69) is 15.0 Å². The number of aromatic amines is 1. The fourth-order valence-corrected chi connectivity index (χ4v) is 2.71. The van der Waals surface area contributed by atoms with Crippen LogP contribution in [0.15, 0.2) is 11.1 Å². The van der Waals surface area contributed by atoms with E-state index in [1.807, 2.05) is 0 Å². The highest BCUT2D eigenvalue weighted by atomic mass is 16.6. The first-order valence-corrected chi connectivity index (χ1v) is 6.74. The molecule has 120 valence electrons. The Bertz CT molecular complexity index is 758. The van der Waals surface area contributed by atoms with Crippen LogP contribution in [-0.4, -0.2) is 59.3 Å². The van der Waals surface area contributed by atoms with Crippen molar-refractivity contribution in [2.45, 2.75) is 37.4 Å². The number of aliphatic hydroxyl groups excluding tert-OH is 3. The number of nitrogens with one attached hydrogen (secondary N) is 1. The number of fused-ring (bicyclic) bond motifs is 1. The number of rotatable bonds is 3. The zero-order valence-electron chi connectivity index (χ0n) is 11.8. The molecule has 2 aromatic rings. The van der Waals surface area contributed by atoms with Gasteiger partial charge in [-0.1, -0.05) is 0 Å². The van der Waals surface area contributed by atoms with Gasteiger partial charge in [0.1, 0.15) is 12.2 Å². The summed E-state index contributed by atoms with van der Waals surface area (Å²) < 4.78 is 7.06. The van der Waals surface area contributed by atoms with Crippen molar-refractivity contribution in [3.63, 3.8) is 0 Å². The quantitative estimate of drug-likeness (QED) is 0.439. The molecule has 1 unspecified atom stereocenters. The summed E-state index contributed by atoms with van der Waals surface area (Å²) in [7, 11) is 0. The molecule has 10 heteroatoms. The van der Waals surface area contributed by atoms with Gasteiger partial charge in [-0.25, -0.2) is 4.98 Å². The maximum Gasteiger partial charge on any atom is 0.280 e. The summed E-state index contributed by atoms with van der Waals surface area (Å²) in [5.74, 6) is -0.0922. The number of aliphatic hydroxyl groups is 3. The van der Waals surface area contributed by atoms with E-state index in [-0.39, 0.29) is 30.1 Å². The lowest BCUT2D eigenvalue weighted by atomic mass is 9.94. The summed E-state index contributed by atoms with van der Waals surface area (Å²) in [5.41, 5.74) is 4.09. The number of H-pyrrole nitrogens is 1. The highest BCUT2D eigenvalue weighted by Crippen LogP contribution is 2.39. The molecule has 0 spiro atoms. The van der Waals surface area contributed by atoms with Gasteiger partial charge >= 0.3 is 0 Å². The van der Waals surface area contributed by atoms with Gasteiger partial charge in [-0.15, -0.1) is 0 Å². The van der Waals surface area contributed by atoms with Crippen LogP contribution in [-0.2, 0) is 4.74 Å². The van der Waals surface area contributed by atoms with Crippen LogP contribution < -0.4 is 11.3 Å². The Hall–Kier alpha value is -2.01. The molecule has 0 aliphatic carbocycles. The monoisotopic (exact) mass is 311 g/mol. The Balaban J connectivity index is 2.07. The molecular weight excluding hydrogens is 294 g/mol. The smallest absolute Gasteiger partial charge is 0.280 e. The van der Waals surface area contributed by atoms with Crippen LogP contribution in [0, 0.1) is 0 Å². The molecule has 4 atom stereocenters. The number of aromatic nitrogens is 4. The van der Waals surface area contributed by atoms with Crippen LogP contribution in [0.25, 0.3) is 11.2 Å². The first-order chi connectivity index (χ1) is 10.4. The van der Waals surface area contributed by atoms with Crippen molar-refractivity contribution in [3.05, 3.63) is 16.7 Å². The average Bonchev–Trinajstić information content (AvgIpc) is 2.95. The lowest BCUT2D eigenvalue weighted by Crippen LogP contribution is -2.41. The van der Waals surface area contributed by atoms with E-state index in [9.17, 15) is 15.0 Å². The van der Waals surface area contributed by atoms with Gasteiger partial charge in [-0.2, -0.15) is 4.98 Å². The van der Waals surface area contributed by atoms with Gasteiger partial charge in [0.25, 0.3) is 5.56 Å². The summed E-state index contributed by atoms with van der Waals surface area (Å²) in [6, 6.07) is 0. The Labute approximate surface area is 124 Å². The van der Waals surface area contributed by atoms with E-state index in [0.717, 1.165) is 0 Å². The molecule has 22 heavy (non-hydrogen) atoms. The van der Waals surface area contributed by atoms with Crippen molar-refractivity contribution in [2.24, 2.45) is 0 Å². The zero-order valence-corrected chi connectivity index (χ0v) is 11.8. The molecule has 0 bridgehead atoms. The second-order valence-electron chi connectivity index (χ2n) is 5.51. The fourth-order valence-electron chi connectivity index (χ4n) is 2.71. The van der Waals surface area contributed by atoms with Gasteiger partial charge in [-0.3, -0.25) is 14.3 Å². The molecule has 1 saturated heterocycles. The SMILES string of the molecule is C[C@]1(CCO)OC(n2cnc3c(=O)[nH]c(N)nc32)[C@H](O)[C@@H]1O. The van der Waals surface area contributed by atoms with E-state index >= 15 is 0 Å². The maximum absolute atomic E-state index is 11.8. The number of ether oxygens (including phenoxy) is 1. The molecule has 3 heterocycles. The molecule has 3 rings (SSSR count). The number of nitrogens with two attached hydrogens (primary N) is 1. The molecule has 1 aliphatic heterocycles. The Morgan fingerprint density at radius 2 is 2.27 bits per heavy atom. The third kappa shape index (κ3) is 2.08. The molecule has 0 aromatic carbocycles. The second-order valence-corrected chi connectivity index (χ2v) is 5.51. The minimum absolute atomic E-state index is 0.0512. The van der Waals surface area contributed by atoms with Gasteiger partial charge < -0.3 is 25.8 Å². The first-order valence-electron chi connectivity index (χ1n) is 6.74. The predicted octanol–water partition coefficient (Wildman–Crippen LogP) is -1.91. The molecular formula is C12H17N5O5. The van der Waals surface area contributed by atoms with Gasteiger partial charge in [0.2, 0.25) is 5.95 Å². The fraction of sp³-hybridized carbons (Fsp3) is 0.583. The number of hydrogen-bond donors (Lipinski definition) is 5. The zero-order chi connectivity index (χ0) is 16.1. The highest BCUT2D eigenvalue weighted by Gasteiger charge is 2.51. The summed E-state index contributed by atoms with van der Waals surface area (Å²) in [6.07, 6.45) is -2.04. The van der Waals surface area contributed by atoms with Crippen LogP contribution in [0.1, 0.15) is 19.6 Å². The third-order valence-electron chi connectivity index (χ3n) is 3.96. The number of anilines is 1. The van der Waals surface area contributed by atoms with Gasteiger partial charge in [0.05, 0.1) is 11.9 Å². The van der Waals surface area contributed by atoms with E-state index in [4.69, 9.17) is 15.6 Å². The molecule has 1 fully saturated rings. The molecule has 0 amide bonds. The van der Waals surface area contributed by atoms with Crippen molar-refractivity contribution in [1.29, 1.82) is 0 Å². The predicted molar refractivity (Wildman–Crippen MR) is 74.8 cm³/mol. The first kappa shape index (κ1) is 14.9. The number of nitrogens with zero attached hydrogens (tertiary/aromatic N) is 3. The highest BCUT2D eigenvalue weighted by molar-refractivity contribution is 5.70. The molecule has 0 radical (unpaired) electrons. The van der Waals surface area contributed by atoms with Crippen LogP contribution in [0.3, 0.4) is 0 Å². The normalized spacial score (nSPS) is 31.9. The Kier molecular flexibility index (Phi) is 3.40. The summed E-state index contributed by atoms with van der Waals surface area (Å²) >= 11 is 0. The van der Waals surface area contributed by atoms with Crippen LogP contribution >= 0.6 is 0 Å². The number of hydrogen-bond acceptors (Lipinski definition) is 8. The van der Waals surface area contributed by atoms with E-state index in [1.54, 1.807) is 6.92 Å². The Morgan fingerprint density at radius 1 is 1.55 bits per heavy atom. The minimum atomic E-state index is -1.27. The van der Waals surface area contributed by atoms with Crippen LogP contribution in [0.4, 0.5) is 5.95 Å². The number of nitrogen functional groups attached to an aromatic ring is 1. The number of imidazole rings is 1. The summed E-state index contributed by atoms with van der Waals surface area (Å²) in [5, 5.41) is 29.5. The topological polar surface area (TPSA) is 160 Å². The van der Waals surface area contributed by atoms with E-state index < -0.39 is 29.6 Å². The van der Waals surface area contributed by atoms with E-state index in [0.29, 0.717) is 0 Å². The van der Waals surface area contributed by atoms with Crippen molar-refractivity contribution in [3.8, 4) is 0 Å². The Morgan fingerprint density at radius 3 is 2.95 bits per heavy atom. The summed E-state index contributed by atoms with van der Waals surface area (Å²) in [6.45, 7) is 1.38. The molecule has 1 aliphatic rings. The van der Waals surface area contributed by atoms with Gasteiger partial charge in [-0.05, 0) is 6.92 Å². The van der Waals surface area contributed by atoms with E-state index in [1.165, 1.54) is 10.9 Å². The standard InChI is InChI=1S/C12H17N5O5/c1-12(2-3-18)7(20)6(19)10(22-12)17-4-14-5-8(17)15-11(13)16-9(5)21/h4,6-7,10,18-20H,2-3H2,1H3,(H3,13,15,16,21)/t6-,7+,10?,12-/m1/s1. The average molecular weight is 311 g/mol. The lowest BCUT2D eigenvalue weighted by molar-refractivity contribution is -0.101. The largest absolute Gasteiger partial charge is 0.396 e. The van der Waals surface area contributed by atoms with Crippen molar-refractivity contribution in [1.82, 2.24) is 19.5 Å². The summed E-state index contributed by atoms with van der Waals surface area (Å²) in [4.78, 5) is 22.0. The molecule has 0 saturated carbocycles. The van der Waals surface area contributed by atoms with Crippen molar-refractivity contribution >= 4 is 17.1 Å². The third-order valence-corrected chi connectivity index (χ3v) is 3.96. The van der Waals surface area contributed by atoms with Crippen LogP contribution in [0.5, 0.6) is 0 Å². The minimum Gasteiger partial charge on any atom is -0.396 e. The van der Waals surface area contributed by atoms with Crippen molar-refractivity contribution in [2.75, 3.05) is 12.3 Å². The molecule has 10 nitrogen and oxygen atoms in total. The van der Waals surface area contributed by atoms with Gasteiger partial charge in [0.15, 0.2) is 17.4 Å². The maximum atomic E-state index is 11.8. The van der Waals surface area contributed by atoms with Gasteiger partial charge in [0, 0.05) is 13.0 Å². The molecule has 6 N–H and O–H groups in total. The molecule has 2 aromatic heterocycles. The van der Waals surface area contributed by atoms with Crippen molar-refractivity contribution < 1.29 is 20.1 Å².